The summed E-state index contributed by atoms with van der Waals surface area (Å²) in [5, 5.41) is 13.8. The van der Waals surface area contributed by atoms with Gasteiger partial charge in [0, 0.05) is 6.42 Å². The molecule has 0 aliphatic heterocycles. The Kier molecular flexibility index (Phi) is 26.5. The zero-order valence-corrected chi connectivity index (χ0v) is 28.4. The van der Waals surface area contributed by atoms with E-state index in [0.29, 0.717) is 6.42 Å². The molecule has 1 aliphatic rings. The highest BCUT2D eigenvalue weighted by molar-refractivity contribution is 5.76. The molecule has 0 aromatic rings. The third kappa shape index (κ3) is 23.6. The van der Waals surface area contributed by atoms with Gasteiger partial charge in [-0.05, 0) is 37.5 Å². The fraction of sp³-hybridized carbons (Fsp3) is 0.974. The third-order valence-electron chi connectivity index (χ3n) is 9.83. The Balaban J connectivity index is 1.88. The molecule has 4 unspecified atom stereocenters. The molecule has 1 aliphatic carbocycles. The number of carbonyl (C=O) groups excluding carboxylic acids is 1. The number of carbonyl (C=O) groups is 1. The molecule has 0 saturated heterocycles. The minimum atomic E-state index is -0.399. The molecule has 4 atom stereocenters. The van der Waals surface area contributed by atoms with Gasteiger partial charge in [0.1, 0.15) is 0 Å². The van der Waals surface area contributed by atoms with Crippen LogP contribution in [0.25, 0.3) is 0 Å². The Morgan fingerprint density at radius 3 is 1.44 bits per heavy atom. The van der Waals surface area contributed by atoms with Crippen LogP contribution in [-0.2, 0) is 4.79 Å². The zero-order chi connectivity index (χ0) is 29.8. The molecule has 1 amide bonds. The van der Waals surface area contributed by atoms with Crippen molar-refractivity contribution < 1.29 is 9.90 Å². The Morgan fingerprint density at radius 1 is 0.585 bits per heavy atom. The van der Waals surface area contributed by atoms with Crippen molar-refractivity contribution in [2.75, 3.05) is 0 Å². The highest BCUT2D eigenvalue weighted by Crippen LogP contribution is 2.45. The van der Waals surface area contributed by atoms with Gasteiger partial charge in [0.15, 0.2) is 0 Å². The van der Waals surface area contributed by atoms with Crippen molar-refractivity contribution in [3.05, 3.63) is 0 Å². The molecule has 0 bridgehead atoms. The summed E-state index contributed by atoms with van der Waals surface area (Å²) < 4.78 is 0. The molecule has 1 saturated carbocycles. The second-order valence-corrected chi connectivity index (χ2v) is 13.8. The van der Waals surface area contributed by atoms with E-state index in [4.69, 9.17) is 0 Å². The van der Waals surface area contributed by atoms with E-state index >= 15 is 0 Å². The van der Waals surface area contributed by atoms with Gasteiger partial charge in [-0.2, -0.15) is 0 Å². The lowest BCUT2D eigenvalue weighted by atomic mass is 10.00. The summed E-state index contributed by atoms with van der Waals surface area (Å²) in [6, 6.07) is -0.0813. The van der Waals surface area contributed by atoms with E-state index in [-0.39, 0.29) is 11.9 Å². The van der Waals surface area contributed by atoms with E-state index in [2.05, 4.69) is 26.1 Å². The standard InChI is InChI=1S/C38H75NO2/c1-4-7-9-11-12-13-14-15-16-21-24-28-32-38(41)39-36(6-3)37(40)31-27-23-20-18-17-19-22-26-30-35-33-34(35)29-25-10-8-5-2/h34-37,40H,4-33H2,1-3H3,(H,39,41). The lowest BCUT2D eigenvalue weighted by molar-refractivity contribution is -0.122. The number of aliphatic hydroxyl groups is 1. The number of nitrogens with one attached hydrogen (secondary N) is 1. The molecule has 2 N–H and O–H groups in total. The Labute approximate surface area is 258 Å². The summed E-state index contributed by atoms with van der Waals surface area (Å²) in [5.41, 5.74) is 0. The Bertz CT molecular complexity index is 564. The van der Waals surface area contributed by atoms with Crippen LogP contribution < -0.4 is 5.32 Å². The Morgan fingerprint density at radius 2 is 0.976 bits per heavy atom. The van der Waals surface area contributed by atoms with Gasteiger partial charge in [0.2, 0.25) is 5.91 Å². The summed E-state index contributed by atoms with van der Waals surface area (Å²) in [5.74, 6) is 2.29. The average molecular weight is 578 g/mol. The molecule has 0 spiro atoms. The zero-order valence-electron chi connectivity index (χ0n) is 28.4. The molecular weight excluding hydrogens is 502 g/mol. The van der Waals surface area contributed by atoms with E-state index in [0.717, 1.165) is 43.9 Å². The van der Waals surface area contributed by atoms with Crippen LogP contribution in [0.4, 0.5) is 0 Å². The minimum Gasteiger partial charge on any atom is -0.391 e. The Hall–Kier alpha value is -0.570. The van der Waals surface area contributed by atoms with Crippen molar-refractivity contribution in [2.45, 2.75) is 226 Å². The van der Waals surface area contributed by atoms with Crippen LogP contribution in [0.2, 0.25) is 0 Å². The van der Waals surface area contributed by atoms with Crippen molar-refractivity contribution in [1.82, 2.24) is 5.32 Å². The molecule has 244 valence electrons. The number of rotatable bonds is 32. The predicted octanol–water partition coefficient (Wildman–Crippen LogP) is 11.8. The first-order valence-corrected chi connectivity index (χ1v) is 19.1. The molecule has 0 aromatic carbocycles. The molecule has 0 heterocycles. The molecule has 1 rings (SSSR count). The van der Waals surface area contributed by atoms with Crippen molar-refractivity contribution >= 4 is 5.91 Å². The molecule has 3 heteroatoms. The van der Waals surface area contributed by atoms with Crippen LogP contribution in [0.1, 0.15) is 213 Å². The molecule has 3 nitrogen and oxygen atoms in total. The fourth-order valence-corrected chi connectivity index (χ4v) is 6.75. The first-order chi connectivity index (χ1) is 20.1. The fourth-order valence-electron chi connectivity index (χ4n) is 6.75. The second kappa shape index (κ2) is 28.2. The SMILES string of the molecule is CCCCCCCCCCCCCCC(=O)NC(CC)C(O)CCCCCCCCCCC1CC1CCCCCC. The highest BCUT2D eigenvalue weighted by atomic mass is 16.3. The van der Waals surface area contributed by atoms with Crippen LogP contribution in [0.3, 0.4) is 0 Å². The number of hydrogen-bond acceptors (Lipinski definition) is 2. The van der Waals surface area contributed by atoms with E-state index in [1.807, 2.05) is 0 Å². The maximum atomic E-state index is 12.4. The number of amides is 1. The van der Waals surface area contributed by atoms with Crippen molar-refractivity contribution in [3.8, 4) is 0 Å². The average Bonchev–Trinajstić information content (AvgIpc) is 3.73. The minimum absolute atomic E-state index is 0.0813. The van der Waals surface area contributed by atoms with E-state index in [1.54, 1.807) is 0 Å². The van der Waals surface area contributed by atoms with Crippen LogP contribution in [0.5, 0.6) is 0 Å². The summed E-state index contributed by atoms with van der Waals surface area (Å²) in [4.78, 5) is 12.4. The van der Waals surface area contributed by atoms with Crippen LogP contribution >= 0.6 is 0 Å². The van der Waals surface area contributed by atoms with Crippen LogP contribution in [0, 0.1) is 11.8 Å². The van der Waals surface area contributed by atoms with Gasteiger partial charge in [-0.3, -0.25) is 4.79 Å². The van der Waals surface area contributed by atoms with E-state index in [9.17, 15) is 9.90 Å². The van der Waals surface area contributed by atoms with Crippen LogP contribution in [0.15, 0.2) is 0 Å². The van der Waals surface area contributed by atoms with Gasteiger partial charge >= 0.3 is 0 Å². The monoisotopic (exact) mass is 578 g/mol. The maximum absolute atomic E-state index is 12.4. The van der Waals surface area contributed by atoms with Gasteiger partial charge in [-0.15, -0.1) is 0 Å². The smallest absolute Gasteiger partial charge is 0.220 e. The summed E-state index contributed by atoms with van der Waals surface area (Å²) in [7, 11) is 0. The topological polar surface area (TPSA) is 49.3 Å². The van der Waals surface area contributed by atoms with E-state index in [1.165, 1.54) is 154 Å². The van der Waals surface area contributed by atoms with Gasteiger partial charge in [-0.1, -0.05) is 181 Å². The molecule has 0 radical (unpaired) electrons. The lowest BCUT2D eigenvalue weighted by Gasteiger charge is -2.23. The van der Waals surface area contributed by atoms with Gasteiger partial charge in [0.05, 0.1) is 12.1 Å². The largest absolute Gasteiger partial charge is 0.391 e. The summed E-state index contributed by atoms with van der Waals surface area (Å²) >= 11 is 0. The first-order valence-electron chi connectivity index (χ1n) is 19.1. The van der Waals surface area contributed by atoms with Crippen molar-refractivity contribution in [1.29, 1.82) is 0 Å². The van der Waals surface area contributed by atoms with Gasteiger partial charge in [0.25, 0.3) is 0 Å². The first kappa shape index (κ1) is 38.5. The molecular formula is C38H75NO2. The summed E-state index contributed by atoms with van der Waals surface area (Å²) in [6.07, 6.45) is 38.4. The maximum Gasteiger partial charge on any atom is 0.220 e. The van der Waals surface area contributed by atoms with Crippen molar-refractivity contribution in [2.24, 2.45) is 11.8 Å². The number of hydrogen-bond donors (Lipinski definition) is 2. The number of unbranched alkanes of at least 4 members (excludes halogenated alkanes) is 21. The third-order valence-corrected chi connectivity index (χ3v) is 9.83. The van der Waals surface area contributed by atoms with Gasteiger partial charge in [-0.25, -0.2) is 0 Å². The molecule has 41 heavy (non-hydrogen) atoms. The van der Waals surface area contributed by atoms with E-state index < -0.39 is 6.10 Å². The van der Waals surface area contributed by atoms with Crippen LogP contribution in [-0.4, -0.2) is 23.2 Å². The summed E-state index contributed by atoms with van der Waals surface area (Å²) in [6.45, 7) is 6.66. The quantitative estimate of drug-likeness (QED) is 0.0781. The molecule has 1 fully saturated rings. The van der Waals surface area contributed by atoms with Crippen molar-refractivity contribution in [3.63, 3.8) is 0 Å². The van der Waals surface area contributed by atoms with Gasteiger partial charge < -0.3 is 10.4 Å². The number of aliphatic hydroxyl groups excluding tert-OH is 1. The highest BCUT2D eigenvalue weighted by Gasteiger charge is 2.34. The normalized spacial score (nSPS) is 18.0. The second-order valence-electron chi connectivity index (χ2n) is 13.8. The lowest BCUT2D eigenvalue weighted by Crippen LogP contribution is -2.42. The predicted molar refractivity (Wildman–Crippen MR) is 180 cm³/mol. The molecule has 0 aromatic heterocycles.